The van der Waals surface area contributed by atoms with Crippen molar-refractivity contribution in [1.82, 2.24) is 4.72 Å². The molecule has 0 heterocycles. The quantitative estimate of drug-likeness (QED) is 0.337. The van der Waals surface area contributed by atoms with Crippen LogP contribution in [0, 0.1) is 0 Å². The van der Waals surface area contributed by atoms with Crippen molar-refractivity contribution in [3.63, 3.8) is 0 Å². The summed E-state index contributed by atoms with van der Waals surface area (Å²) in [7, 11) is -3.68. The summed E-state index contributed by atoms with van der Waals surface area (Å²) < 4.78 is 35.2. The maximum Gasteiger partial charge on any atom is 0.321 e. The lowest BCUT2D eigenvalue weighted by Crippen LogP contribution is -2.37. The number of hydrogen-bond acceptors (Lipinski definition) is 7. The van der Waals surface area contributed by atoms with Crippen molar-refractivity contribution in [3.05, 3.63) is 29.8 Å². The molecule has 27 heavy (non-hydrogen) atoms. The third kappa shape index (κ3) is 8.62. The van der Waals surface area contributed by atoms with Gasteiger partial charge in [-0.15, -0.1) is 0 Å². The number of hydrogen-bond donors (Lipinski definition) is 3. The van der Waals surface area contributed by atoms with Crippen LogP contribution < -0.4 is 15.8 Å². The van der Waals surface area contributed by atoms with Gasteiger partial charge in [0.1, 0.15) is 6.54 Å². The average Bonchev–Trinajstić information content (AvgIpc) is 2.60. The van der Waals surface area contributed by atoms with Gasteiger partial charge in [-0.2, -0.15) is 0 Å². The van der Waals surface area contributed by atoms with Crippen molar-refractivity contribution in [2.24, 2.45) is 5.73 Å². The van der Waals surface area contributed by atoms with Gasteiger partial charge in [-0.05, 0) is 38.1 Å². The second kappa shape index (κ2) is 10.6. The molecule has 1 atom stereocenters. The number of nitrogens with one attached hydrogen (secondary N) is 2. The van der Waals surface area contributed by atoms with Gasteiger partial charge in [0.05, 0.1) is 12.4 Å². The van der Waals surface area contributed by atoms with Gasteiger partial charge in [0, 0.05) is 17.9 Å². The highest BCUT2D eigenvalue weighted by atomic mass is 32.2. The van der Waals surface area contributed by atoms with Gasteiger partial charge in [0.2, 0.25) is 15.9 Å². The van der Waals surface area contributed by atoms with Gasteiger partial charge in [0.25, 0.3) is 5.91 Å². The van der Waals surface area contributed by atoms with Crippen LogP contribution in [-0.2, 0) is 29.1 Å². The zero-order valence-corrected chi connectivity index (χ0v) is 15.9. The molecule has 150 valence electrons. The summed E-state index contributed by atoms with van der Waals surface area (Å²) in [5.74, 6) is -2.40. The molecule has 0 spiro atoms. The van der Waals surface area contributed by atoms with Crippen molar-refractivity contribution >= 4 is 33.5 Å². The number of amides is 2. The van der Waals surface area contributed by atoms with E-state index in [0.717, 1.165) is 0 Å². The fourth-order valence-electron chi connectivity index (χ4n) is 1.81. The Kier molecular flexibility index (Phi) is 8.85. The van der Waals surface area contributed by atoms with E-state index in [1.54, 1.807) is 6.92 Å². The first-order valence-corrected chi connectivity index (χ1v) is 9.75. The third-order valence-electron chi connectivity index (χ3n) is 3.25. The SMILES string of the molecule is CCOCCS(=O)(=O)NCC(=O)OC(C)C(=O)Nc1ccc(C(N)=O)cc1. The van der Waals surface area contributed by atoms with Crippen molar-refractivity contribution in [2.45, 2.75) is 20.0 Å². The topological polar surface area (TPSA) is 154 Å². The van der Waals surface area contributed by atoms with E-state index in [0.29, 0.717) is 12.3 Å². The molecule has 0 aliphatic rings. The number of esters is 1. The van der Waals surface area contributed by atoms with Gasteiger partial charge >= 0.3 is 5.97 Å². The lowest BCUT2D eigenvalue weighted by atomic mass is 10.2. The van der Waals surface area contributed by atoms with Crippen LogP contribution in [0.2, 0.25) is 0 Å². The number of benzene rings is 1. The molecule has 0 radical (unpaired) electrons. The fraction of sp³-hybridized carbons (Fsp3) is 0.438. The zero-order valence-electron chi connectivity index (χ0n) is 15.1. The number of nitrogens with two attached hydrogens (primary N) is 1. The van der Waals surface area contributed by atoms with Gasteiger partial charge in [-0.1, -0.05) is 0 Å². The van der Waals surface area contributed by atoms with Crippen molar-refractivity contribution in [2.75, 3.05) is 30.8 Å². The van der Waals surface area contributed by atoms with Crippen LogP contribution in [0.3, 0.4) is 0 Å². The third-order valence-corrected chi connectivity index (χ3v) is 4.54. The standard InChI is InChI=1S/C16H23N3O7S/c1-3-25-8-9-27(23,24)18-10-14(20)26-11(2)16(22)19-13-6-4-12(5-7-13)15(17)21/h4-7,11,18H,3,8-10H2,1-2H3,(H2,17,21)(H,19,22). The Morgan fingerprint density at radius 1 is 1.19 bits per heavy atom. The predicted molar refractivity (Wildman–Crippen MR) is 97.4 cm³/mol. The summed E-state index contributed by atoms with van der Waals surface area (Å²) in [6, 6.07) is 5.81. The molecule has 4 N–H and O–H groups in total. The lowest BCUT2D eigenvalue weighted by molar-refractivity contribution is -0.151. The van der Waals surface area contributed by atoms with Gasteiger partial charge in [-0.25, -0.2) is 13.1 Å². The van der Waals surface area contributed by atoms with Crippen LogP contribution in [0.4, 0.5) is 5.69 Å². The highest BCUT2D eigenvalue weighted by Gasteiger charge is 2.19. The Morgan fingerprint density at radius 2 is 1.81 bits per heavy atom. The molecule has 1 unspecified atom stereocenters. The van der Waals surface area contributed by atoms with Crippen LogP contribution >= 0.6 is 0 Å². The summed E-state index contributed by atoms with van der Waals surface area (Å²) in [5, 5.41) is 2.50. The molecule has 0 aliphatic carbocycles. The molecular formula is C16H23N3O7S. The Balaban J connectivity index is 2.45. The number of sulfonamides is 1. The first-order chi connectivity index (χ1) is 12.6. The van der Waals surface area contributed by atoms with Crippen molar-refractivity contribution in [3.8, 4) is 0 Å². The maximum absolute atomic E-state index is 12.0. The first kappa shape index (κ1) is 22.5. The minimum absolute atomic E-state index is 0.00817. The molecule has 1 aromatic rings. The lowest BCUT2D eigenvalue weighted by Gasteiger charge is -2.14. The number of ether oxygens (including phenoxy) is 2. The summed E-state index contributed by atoms with van der Waals surface area (Å²) >= 11 is 0. The molecule has 2 amide bonds. The zero-order chi connectivity index (χ0) is 20.4. The molecular weight excluding hydrogens is 378 g/mol. The van der Waals surface area contributed by atoms with E-state index in [-0.39, 0.29) is 17.9 Å². The average molecular weight is 401 g/mol. The number of primary amides is 1. The summed E-state index contributed by atoms with van der Waals surface area (Å²) in [6.07, 6.45) is -1.15. The van der Waals surface area contributed by atoms with E-state index in [1.165, 1.54) is 31.2 Å². The number of rotatable bonds is 11. The van der Waals surface area contributed by atoms with E-state index in [1.807, 2.05) is 0 Å². The monoisotopic (exact) mass is 401 g/mol. The second-order valence-electron chi connectivity index (χ2n) is 5.40. The van der Waals surface area contributed by atoms with Crippen molar-refractivity contribution in [1.29, 1.82) is 0 Å². The normalized spacial score (nSPS) is 12.2. The molecule has 1 aromatic carbocycles. The summed E-state index contributed by atoms with van der Waals surface area (Å²) in [4.78, 5) is 34.7. The van der Waals surface area contributed by atoms with Gasteiger partial charge < -0.3 is 20.5 Å². The number of anilines is 1. The molecule has 0 fully saturated rings. The Morgan fingerprint density at radius 3 is 2.37 bits per heavy atom. The predicted octanol–water partition coefficient (Wildman–Crippen LogP) is -0.388. The fourth-order valence-corrected chi connectivity index (χ4v) is 2.63. The van der Waals surface area contributed by atoms with Crippen LogP contribution in [0.5, 0.6) is 0 Å². The van der Waals surface area contributed by atoms with Crippen LogP contribution in [0.15, 0.2) is 24.3 Å². The molecule has 0 aromatic heterocycles. The Bertz CT molecular complexity index is 763. The molecule has 0 saturated carbocycles. The number of carbonyl (C=O) groups excluding carboxylic acids is 3. The van der Waals surface area contributed by atoms with Crippen LogP contribution in [-0.4, -0.2) is 57.8 Å². The minimum Gasteiger partial charge on any atom is -0.452 e. The van der Waals surface area contributed by atoms with E-state index >= 15 is 0 Å². The molecule has 11 heteroatoms. The van der Waals surface area contributed by atoms with E-state index in [2.05, 4.69) is 10.0 Å². The first-order valence-electron chi connectivity index (χ1n) is 8.10. The molecule has 10 nitrogen and oxygen atoms in total. The summed E-state index contributed by atoms with van der Waals surface area (Å²) in [6.45, 7) is 2.87. The highest BCUT2D eigenvalue weighted by Crippen LogP contribution is 2.10. The smallest absolute Gasteiger partial charge is 0.321 e. The highest BCUT2D eigenvalue weighted by molar-refractivity contribution is 7.89. The molecule has 0 bridgehead atoms. The molecule has 0 saturated heterocycles. The Labute approximate surface area is 157 Å². The van der Waals surface area contributed by atoms with E-state index in [9.17, 15) is 22.8 Å². The summed E-state index contributed by atoms with van der Waals surface area (Å²) in [5.41, 5.74) is 5.78. The second-order valence-corrected chi connectivity index (χ2v) is 7.33. The molecule has 1 rings (SSSR count). The minimum atomic E-state index is -3.68. The van der Waals surface area contributed by atoms with Crippen LogP contribution in [0.25, 0.3) is 0 Å². The number of carbonyl (C=O) groups is 3. The van der Waals surface area contributed by atoms with Gasteiger partial charge in [-0.3, -0.25) is 14.4 Å². The van der Waals surface area contributed by atoms with Crippen molar-refractivity contribution < 1.29 is 32.3 Å². The largest absolute Gasteiger partial charge is 0.452 e. The van der Waals surface area contributed by atoms with E-state index < -0.39 is 40.5 Å². The maximum atomic E-state index is 12.0. The Hall–Kier alpha value is -2.50. The van der Waals surface area contributed by atoms with E-state index in [4.69, 9.17) is 15.2 Å². The molecule has 0 aliphatic heterocycles. The van der Waals surface area contributed by atoms with Gasteiger partial charge in [0.15, 0.2) is 6.10 Å². The van der Waals surface area contributed by atoms with Crippen LogP contribution in [0.1, 0.15) is 24.2 Å².